The lowest BCUT2D eigenvalue weighted by molar-refractivity contribution is 0.0951. The standard InChI is InChI=1S/C20H20N8O/c21-18-17(12-26-28-20(22)23)27-16(11-24-18)14-7-4-8-15(9-14)19(29)25-10-13-5-2-1-3-6-13/h1-9,11-12H,10H2,(H2,21,24)(H,25,29)(H4,22,23,28). The predicted molar refractivity (Wildman–Crippen MR) is 113 cm³/mol. The largest absolute Gasteiger partial charge is 0.382 e. The van der Waals surface area contributed by atoms with E-state index in [0.717, 1.165) is 5.56 Å². The molecule has 0 bridgehead atoms. The topological polar surface area (TPSA) is 158 Å². The number of nitrogens with one attached hydrogen (secondary N) is 1. The fraction of sp³-hybridized carbons (Fsp3) is 0.0500. The SMILES string of the molecule is NC(N)=NN=Cc1nc(-c2cccc(C(=O)NCc3ccccc3)c2)cnc1N. The van der Waals surface area contributed by atoms with E-state index >= 15 is 0 Å². The van der Waals surface area contributed by atoms with Crippen molar-refractivity contribution in [3.63, 3.8) is 0 Å². The maximum Gasteiger partial charge on any atom is 0.251 e. The normalized spacial score (nSPS) is 10.6. The molecule has 0 saturated carbocycles. The van der Waals surface area contributed by atoms with E-state index in [-0.39, 0.29) is 17.7 Å². The summed E-state index contributed by atoms with van der Waals surface area (Å²) in [5.41, 5.74) is 19.4. The minimum Gasteiger partial charge on any atom is -0.382 e. The van der Waals surface area contributed by atoms with Gasteiger partial charge in [-0.1, -0.05) is 42.5 Å². The van der Waals surface area contributed by atoms with Gasteiger partial charge in [-0.25, -0.2) is 9.97 Å². The van der Waals surface area contributed by atoms with E-state index in [1.165, 1.54) is 12.4 Å². The van der Waals surface area contributed by atoms with Crippen LogP contribution in [0.1, 0.15) is 21.6 Å². The summed E-state index contributed by atoms with van der Waals surface area (Å²) in [6.45, 7) is 0.441. The number of benzene rings is 2. The van der Waals surface area contributed by atoms with Crippen LogP contribution < -0.4 is 22.5 Å². The first-order valence-corrected chi connectivity index (χ1v) is 8.70. The lowest BCUT2D eigenvalue weighted by Crippen LogP contribution is -2.22. The van der Waals surface area contributed by atoms with Gasteiger partial charge in [0.25, 0.3) is 5.91 Å². The molecule has 0 unspecified atom stereocenters. The van der Waals surface area contributed by atoms with Crippen molar-refractivity contribution in [3.05, 3.63) is 77.6 Å². The van der Waals surface area contributed by atoms with E-state index < -0.39 is 0 Å². The molecule has 9 heteroatoms. The highest BCUT2D eigenvalue weighted by Crippen LogP contribution is 2.19. The van der Waals surface area contributed by atoms with Crippen molar-refractivity contribution >= 4 is 23.9 Å². The fourth-order valence-electron chi connectivity index (χ4n) is 2.50. The Bertz CT molecular complexity index is 1060. The molecule has 7 N–H and O–H groups in total. The number of anilines is 1. The number of hydrogen-bond acceptors (Lipinski definition) is 6. The molecule has 9 nitrogen and oxygen atoms in total. The molecule has 1 heterocycles. The highest BCUT2D eigenvalue weighted by molar-refractivity contribution is 5.95. The third kappa shape index (κ3) is 5.36. The second-order valence-corrected chi connectivity index (χ2v) is 6.04. The van der Waals surface area contributed by atoms with Crippen molar-refractivity contribution in [1.82, 2.24) is 15.3 Å². The number of carbonyl (C=O) groups is 1. The number of rotatable bonds is 6. The Morgan fingerprint density at radius 3 is 2.66 bits per heavy atom. The maximum absolute atomic E-state index is 12.5. The molecule has 0 aliphatic carbocycles. The van der Waals surface area contributed by atoms with E-state index in [9.17, 15) is 4.79 Å². The van der Waals surface area contributed by atoms with Gasteiger partial charge in [0, 0.05) is 17.7 Å². The van der Waals surface area contributed by atoms with E-state index in [1.807, 2.05) is 36.4 Å². The third-order valence-corrected chi connectivity index (χ3v) is 3.90. The Kier molecular flexibility index (Phi) is 6.11. The summed E-state index contributed by atoms with van der Waals surface area (Å²) in [6.07, 6.45) is 2.83. The molecule has 0 radical (unpaired) electrons. The van der Waals surface area contributed by atoms with Crippen LogP contribution in [0.15, 0.2) is 71.0 Å². The Morgan fingerprint density at radius 1 is 1.10 bits per heavy atom. The highest BCUT2D eigenvalue weighted by atomic mass is 16.1. The number of nitrogens with zero attached hydrogens (tertiary/aromatic N) is 4. The first-order chi connectivity index (χ1) is 14.0. The zero-order chi connectivity index (χ0) is 20.6. The zero-order valence-corrected chi connectivity index (χ0v) is 15.5. The molecule has 146 valence electrons. The van der Waals surface area contributed by atoms with Crippen LogP contribution in [0, 0.1) is 0 Å². The Hall–Kier alpha value is -4.27. The molecule has 0 spiro atoms. The van der Waals surface area contributed by atoms with Gasteiger partial charge in [0.1, 0.15) is 5.69 Å². The van der Waals surface area contributed by atoms with Gasteiger partial charge >= 0.3 is 0 Å². The van der Waals surface area contributed by atoms with Gasteiger partial charge in [-0.05, 0) is 17.7 Å². The van der Waals surface area contributed by atoms with Crippen LogP contribution in [0.4, 0.5) is 5.82 Å². The average Bonchev–Trinajstić information content (AvgIpc) is 2.74. The molecule has 0 saturated heterocycles. The highest BCUT2D eigenvalue weighted by Gasteiger charge is 2.10. The summed E-state index contributed by atoms with van der Waals surface area (Å²) in [5.74, 6) is -0.188. The lowest BCUT2D eigenvalue weighted by Gasteiger charge is -2.08. The molecule has 0 aliphatic heterocycles. The molecule has 3 aromatic rings. The second-order valence-electron chi connectivity index (χ2n) is 6.04. The summed E-state index contributed by atoms with van der Waals surface area (Å²) in [7, 11) is 0. The summed E-state index contributed by atoms with van der Waals surface area (Å²) in [5, 5.41) is 10.1. The van der Waals surface area contributed by atoms with E-state index in [1.54, 1.807) is 18.2 Å². The fourth-order valence-corrected chi connectivity index (χ4v) is 2.50. The zero-order valence-electron chi connectivity index (χ0n) is 15.5. The predicted octanol–water partition coefficient (Wildman–Crippen LogP) is 1.26. The van der Waals surface area contributed by atoms with Crippen molar-refractivity contribution in [2.45, 2.75) is 6.54 Å². The van der Waals surface area contributed by atoms with Crippen LogP contribution in [-0.2, 0) is 6.54 Å². The van der Waals surface area contributed by atoms with Gasteiger partial charge in [0.15, 0.2) is 5.82 Å². The van der Waals surface area contributed by atoms with Crippen molar-refractivity contribution in [2.75, 3.05) is 5.73 Å². The number of amides is 1. The van der Waals surface area contributed by atoms with E-state index in [4.69, 9.17) is 17.2 Å². The minimum atomic E-state index is -0.186. The van der Waals surface area contributed by atoms with Crippen LogP contribution in [0.3, 0.4) is 0 Å². The van der Waals surface area contributed by atoms with Crippen molar-refractivity contribution in [2.24, 2.45) is 21.7 Å². The molecule has 29 heavy (non-hydrogen) atoms. The molecule has 1 aromatic heterocycles. The number of nitrogens with two attached hydrogens (primary N) is 3. The first kappa shape index (κ1) is 19.5. The van der Waals surface area contributed by atoms with Crippen LogP contribution in [0.2, 0.25) is 0 Å². The van der Waals surface area contributed by atoms with Crippen LogP contribution >= 0.6 is 0 Å². The van der Waals surface area contributed by atoms with Gasteiger partial charge in [-0.3, -0.25) is 4.79 Å². The Morgan fingerprint density at radius 2 is 1.90 bits per heavy atom. The monoisotopic (exact) mass is 388 g/mol. The van der Waals surface area contributed by atoms with Gasteiger partial charge in [-0.2, -0.15) is 5.10 Å². The molecular formula is C20H20N8O. The Balaban J connectivity index is 1.79. The number of carbonyl (C=O) groups excluding carboxylic acids is 1. The maximum atomic E-state index is 12.5. The van der Waals surface area contributed by atoms with Crippen molar-refractivity contribution in [1.29, 1.82) is 0 Å². The number of guanidine groups is 1. The molecular weight excluding hydrogens is 368 g/mol. The summed E-state index contributed by atoms with van der Waals surface area (Å²) in [6, 6.07) is 16.7. The average molecular weight is 388 g/mol. The van der Waals surface area contributed by atoms with Crippen LogP contribution in [0.5, 0.6) is 0 Å². The van der Waals surface area contributed by atoms with Gasteiger partial charge in [0.05, 0.1) is 18.1 Å². The van der Waals surface area contributed by atoms with Gasteiger partial charge < -0.3 is 22.5 Å². The Labute approximate surface area is 167 Å². The molecule has 0 aliphatic rings. The number of nitrogen functional groups attached to an aromatic ring is 1. The van der Waals surface area contributed by atoms with Gasteiger partial charge in [-0.15, -0.1) is 5.10 Å². The quantitative estimate of drug-likeness (QED) is 0.283. The van der Waals surface area contributed by atoms with Crippen LogP contribution in [-0.4, -0.2) is 28.0 Å². The molecule has 2 aromatic carbocycles. The number of aromatic nitrogens is 2. The molecule has 0 fully saturated rings. The summed E-state index contributed by atoms with van der Waals surface area (Å²) in [4.78, 5) is 21.0. The minimum absolute atomic E-state index is 0.181. The molecule has 0 atom stereocenters. The van der Waals surface area contributed by atoms with Crippen molar-refractivity contribution < 1.29 is 4.79 Å². The van der Waals surface area contributed by atoms with E-state index in [2.05, 4.69) is 25.5 Å². The second kappa shape index (κ2) is 9.09. The number of hydrogen-bond donors (Lipinski definition) is 4. The summed E-state index contributed by atoms with van der Waals surface area (Å²) >= 11 is 0. The smallest absolute Gasteiger partial charge is 0.251 e. The van der Waals surface area contributed by atoms with Gasteiger partial charge in [0.2, 0.25) is 5.96 Å². The van der Waals surface area contributed by atoms with Crippen molar-refractivity contribution in [3.8, 4) is 11.3 Å². The molecule has 3 rings (SSSR count). The van der Waals surface area contributed by atoms with E-state index in [0.29, 0.717) is 29.1 Å². The summed E-state index contributed by atoms with van der Waals surface area (Å²) < 4.78 is 0. The van der Waals surface area contributed by atoms with Crippen LogP contribution in [0.25, 0.3) is 11.3 Å². The first-order valence-electron chi connectivity index (χ1n) is 8.70. The molecule has 1 amide bonds. The third-order valence-electron chi connectivity index (χ3n) is 3.90. The lowest BCUT2D eigenvalue weighted by atomic mass is 10.1.